The second-order valence-corrected chi connectivity index (χ2v) is 8.50. The monoisotopic (exact) mass is 460 g/mol. The average Bonchev–Trinajstić information content (AvgIpc) is 3.23. The molecule has 10 heteroatoms. The molecular formula is C23H20N6O3S. The number of aromatic nitrogens is 4. The Kier molecular flexibility index (Phi) is 6.45. The van der Waals surface area contributed by atoms with Crippen molar-refractivity contribution in [1.29, 1.82) is 0 Å². The van der Waals surface area contributed by atoms with Crippen LogP contribution in [0.4, 0.5) is 11.4 Å². The van der Waals surface area contributed by atoms with Gasteiger partial charge in [0.2, 0.25) is 5.91 Å². The fourth-order valence-electron chi connectivity index (χ4n) is 3.24. The Labute approximate surface area is 194 Å². The SMILES string of the molecule is Cc1ccccc1-n1c(SC(C)C(=O)Nc2ccccc2[N+](=O)[O-])nnc1-c1cccnc1. The number of nitrogens with zero attached hydrogens (tertiary/aromatic N) is 5. The van der Waals surface area contributed by atoms with Gasteiger partial charge >= 0.3 is 0 Å². The molecule has 0 aliphatic carbocycles. The maximum atomic E-state index is 12.9. The summed E-state index contributed by atoms with van der Waals surface area (Å²) >= 11 is 1.22. The number of aryl methyl sites for hydroxylation is 1. The first-order valence-corrected chi connectivity index (χ1v) is 11.0. The van der Waals surface area contributed by atoms with Crippen LogP contribution in [0.2, 0.25) is 0 Å². The Balaban J connectivity index is 1.66. The zero-order valence-electron chi connectivity index (χ0n) is 17.9. The minimum atomic E-state index is -0.599. The number of para-hydroxylation sites is 3. The highest BCUT2D eigenvalue weighted by atomic mass is 32.2. The predicted molar refractivity (Wildman–Crippen MR) is 126 cm³/mol. The van der Waals surface area contributed by atoms with Gasteiger partial charge in [-0.05, 0) is 43.7 Å². The molecule has 166 valence electrons. The van der Waals surface area contributed by atoms with Crippen LogP contribution in [0.3, 0.4) is 0 Å². The number of thioether (sulfide) groups is 1. The lowest BCUT2D eigenvalue weighted by atomic mass is 10.2. The Morgan fingerprint density at radius 2 is 1.85 bits per heavy atom. The Morgan fingerprint density at radius 3 is 2.58 bits per heavy atom. The molecule has 33 heavy (non-hydrogen) atoms. The summed E-state index contributed by atoms with van der Waals surface area (Å²) in [6, 6.07) is 17.6. The van der Waals surface area contributed by atoms with E-state index >= 15 is 0 Å². The molecule has 1 amide bonds. The van der Waals surface area contributed by atoms with Crippen LogP contribution in [0, 0.1) is 17.0 Å². The number of anilines is 1. The van der Waals surface area contributed by atoms with Crippen LogP contribution in [0.5, 0.6) is 0 Å². The number of nitrogens with one attached hydrogen (secondary N) is 1. The first kappa shape index (κ1) is 22.2. The summed E-state index contributed by atoms with van der Waals surface area (Å²) < 4.78 is 1.89. The third-order valence-electron chi connectivity index (χ3n) is 4.92. The average molecular weight is 461 g/mol. The van der Waals surface area contributed by atoms with Crippen LogP contribution in [0.15, 0.2) is 78.2 Å². The van der Waals surface area contributed by atoms with E-state index in [1.807, 2.05) is 47.9 Å². The molecule has 0 fully saturated rings. The lowest BCUT2D eigenvalue weighted by Gasteiger charge is -2.15. The summed E-state index contributed by atoms with van der Waals surface area (Å²) in [4.78, 5) is 27.8. The van der Waals surface area contributed by atoms with E-state index in [1.165, 1.54) is 23.9 Å². The number of hydrogen-bond donors (Lipinski definition) is 1. The summed E-state index contributed by atoms with van der Waals surface area (Å²) in [5, 5.41) is 22.5. The summed E-state index contributed by atoms with van der Waals surface area (Å²) in [6.07, 6.45) is 3.39. The Bertz CT molecular complexity index is 1310. The molecule has 0 saturated carbocycles. The zero-order valence-corrected chi connectivity index (χ0v) is 18.7. The second-order valence-electron chi connectivity index (χ2n) is 7.19. The van der Waals surface area contributed by atoms with Crippen LogP contribution < -0.4 is 5.32 Å². The molecule has 4 rings (SSSR count). The number of amides is 1. The maximum absolute atomic E-state index is 12.9. The topological polar surface area (TPSA) is 116 Å². The van der Waals surface area contributed by atoms with Crippen molar-refractivity contribution in [1.82, 2.24) is 19.7 Å². The highest BCUT2D eigenvalue weighted by molar-refractivity contribution is 8.00. The second kappa shape index (κ2) is 9.61. The van der Waals surface area contributed by atoms with Crippen molar-refractivity contribution in [3.05, 3.63) is 88.7 Å². The number of hydrogen-bond acceptors (Lipinski definition) is 7. The molecule has 1 atom stereocenters. The quantitative estimate of drug-likeness (QED) is 0.242. The molecule has 0 aliphatic rings. The van der Waals surface area contributed by atoms with Crippen molar-refractivity contribution in [2.24, 2.45) is 0 Å². The standard InChI is InChI=1S/C23H20N6O3S/c1-15-8-3-5-11-19(15)28-21(17-9-7-13-24-14-17)26-27-23(28)33-16(2)22(30)25-18-10-4-6-12-20(18)29(31)32/h3-14,16H,1-2H3,(H,25,30). The van der Waals surface area contributed by atoms with Crippen LogP contribution in [0.1, 0.15) is 12.5 Å². The summed E-state index contributed by atoms with van der Waals surface area (Å²) in [5.74, 6) is 0.225. The zero-order chi connectivity index (χ0) is 23.4. The van der Waals surface area contributed by atoms with Crippen molar-refractivity contribution in [3.8, 4) is 17.1 Å². The lowest BCUT2D eigenvalue weighted by molar-refractivity contribution is -0.383. The first-order valence-electron chi connectivity index (χ1n) is 10.1. The Morgan fingerprint density at radius 1 is 1.09 bits per heavy atom. The van der Waals surface area contributed by atoms with Crippen LogP contribution in [-0.4, -0.2) is 35.8 Å². The van der Waals surface area contributed by atoms with Gasteiger partial charge in [-0.3, -0.25) is 24.5 Å². The largest absolute Gasteiger partial charge is 0.319 e. The van der Waals surface area contributed by atoms with Crippen molar-refractivity contribution < 1.29 is 9.72 Å². The van der Waals surface area contributed by atoms with Crippen molar-refractivity contribution >= 4 is 29.0 Å². The van der Waals surface area contributed by atoms with Gasteiger partial charge in [0.15, 0.2) is 11.0 Å². The van der Waals surface area contributed by atoms with Gasteiger partial charge in [0, 0.05) is 24.0 Å². The van der Waals surface area contributed by atoms with Gasteiger partial charge in [-0.1, -0.05) is 42.1 Å². The molecular weight excluding hydrogens is 440 g/mol. The predicted octanol–water partition coefficient (Wildman–Crippen LogP) is 4.67. The van der Waals surface area contributed by atoms with Gasteiger partial charge in [-0.2, -0.15) is 0 Å². The molecule has 2 aromatic heterocycles. The van der Waals surface area contributed by atoms with Gasteiger partial charge in [0.05, 0.1) is 15.9 Å². The number of benzene rings is 2. The molecule has 0 bridgehead atoms. The van der Waals surface area contributed by atoms with Gasteiger partial charge in [-0.15, -0.1) is 10.2 Å². The molecule has 9 nitrogen and oxygen atoms in total. The summed E-state index contributed by atoms with van der Waals surface area (Å²) in [7, 11) is 0. The minimum Gasteiger partial charge on any atom is -0.319 e. The summed E-state index contributed by atoms with van der Waals surface area (Å²) in [5.41, 5.74) is 2.68. The van der Waals surface area contributed by atoms with Crippen molar-refractivity contribution in [2.75, 3.05) is 5.32 Å². The number of carbonyl (C=O) groups excluding carboxylic acids is 1. The van der Waals surface area contributed by atoms with Crippen LogP contribution >= 0.6 is 11.8 Å². The van der Waals surface area contributed by atoms with Crippen molar-refractivity contribution in [2.45, 2.75) is 24.3 Å². The highest BCUT2D eigenvalue weighted by Crippen LogP contribution is 2.32. The van der Waals surface area contributed by atoms with E-state index in [-0.39, 0.29) is 17.3 Å². The normalized spacial score (nSPS) is 11.7. The number of nitro groups is 1. The van der Waals surface area contributed by atoms with E-state index in [0.29, 0.717) is 11.0 Å². The number of rotatable bonds is 7. The van der Waals surface area contributed by atoms with E-state index < -0.39 is 10.2 Å². The number of pyridine rings is 1. The van der Waals surface area contributed by atoms with E-state index in [1.54, 1.807) is 31.5 Å². The van der Waals surface area contributed by atoms with Crippen molar-refractivity contribution in [3.63, 3.8) is 0 Å². The fraction of sp³-hybridized carbons (Fsp3) is 0.130. The molecule has 0 aliphatic heterocycles. The number of nitro benzene ring substituents is 1. The van der Waals surface area contributed by atoms with Gasteiger partial charge < -0.3 is 5.32 Å². The molecule has 0 spiro atoms. The molecule has 0 radical (unpaired) electrons. The minimum absolute atomic E-state index is 0.149. The third kappa shape index (κ3) is 4.75. The maximum Gasteiger partial charge on any atom is 0.292 e. The van der Waals surface area contributed by atoms with E-state index in [2.05, 4.69) is 20.5 Å². The van der Waals surface area contributed by atoms with Crippen LogP contribution in [-0.2, 0) is 4.79 Å². The molecule has 0 saturated heterocycles. The van der Waals surface area contributed by atoms with E-state index in [4.69, 9.17) is 0 Å². The van der Waals surface area contributed by atoms with Crippen LogP contribution in [0.25, 0.3) is 17.1 Å². The first-order chi connectivity index (χ1) is 16.0. The number of carbonyl (C=O) groups is 1. The highest BCUT2D eigenvalue weighted by Gasteiger charge is 2.24. The Hall–Kier alpha value is -4.05. The molecule has 1 N–H and O–H groups in total. The molecule has 1 unspecified atom stereocenters. The molecule has 2 heterocycles. The third-order valence-corrected chi connectivity index (χ3v) is 5.96. The van der Waals surface area contributed by atoms with Gasteiger partial charge in [-0.25, -0.2) is 0 Å². The lowest BCUT2D eigenvalue weighted by Crippen LogP contribution is -2.23. The van der Waals surface area contributed by atoms with E-state index in [0.717, 1.165) is 16.8 Å². The molecule has 2 aromatic carbocycles. The van der Waals surface area contributed by atoms with Gasteiger partial charge in [0.25, 0.3) is 5.69 Å². The fourth-order valence-corrected chi connectivity index (χ4v) is 4.10. The molecule has 4 aromatic rings. The smallest absolute Gasteiger partial charge is 0.292 e. The van der Waals surface area contributed by atoms with E-state index in [9.17, 15) is 14.9 Å². The summed E-state index contributed by atoms with van der Waals surface area (Å²) in [6.45, 7) is 3.71. The van der Waals surface area contributed by atoms with Gasteiger partial charge in [0.1, 0.15) is 5.69 Å².